The molecule has 1 aromatic heterocycles. The van der Waals surface area contributed by atoms with E-state index in [1.165, 1.54) is 0 Å². The fourth-order valence-electron chi connectivity index (χ4n) is 1.62. The third-order valence-electron chi connectivity index (χ3n) is 2.70. The Morgan fingerprint density at radius 3 is 2.71 bits per heavy atom. The molecule has 1 N–H and O–H groups in total. The van der Waals surface area contributed by atoms with Crippen LogP contribution in [0.25, 0.3) is 0 Å². The molecule has 1 amide bonds. The molecular weight excluding hydrogens is 270 g/mol. The molecule has 0 atom stereocenters. The Morgan fingerprint density at radius 1 is 1.33 bits per heavy atom. The summed E-state index contributed by atoms with van der Waals surface area (Å²) in [5.41, 5.74) is 0.343. The quantitative estimate of drug-likeness (QED) is 0.789. The molecular formula is C15H17N3O3. The second kappa shape index (κ2) is 7.14. The molecule has 6 heteroatoms. The van der Waals surface area contributed by atoms with Gasteiger partial charge in [-0.1, -0.05) is 6.08 Å². The monoisotopic (exact) mass is 287 g/mol. The Hall–Kier alpha value is -2.76. The number of methoxy groups -OCH3 is 1. The van der Waals surface area contributed by atoms with Gasteiger partial charge in [0.1, 0.15) is 17.2 Å². The first-order valence-corrected chi connectivity index (χ1v) is 6.42. The third kappa shape index (κ3) is 4.10. The van der Waals surface area contributed by atoms with Gasteiger partial charge >= 0.3 is 0 Å². The molecule has 0 unspecified atom stereocenters. The number of benzene rings is 1. The van der Waals surface area contributed by atoms with Gasteiger partial charge in [0.2, 0.25) is 0 Å². The van der Waals surface area contributed by atoms with Crippen molar-refractivity contribution in [2.75, 3.05) is 13.7 Å². The van der Waals surface area contributed by atoms with Gasteiger partial charge in [0.15, 0.2) is 6.73 Å². The minimum Gasteiger partial charge on any atom is -0.497 e. The van der Waals surface area contributed by atoms with Crippen LogP contribution in [0.2, 0.25) is 0 Å². The first-order chi connectivity index (χ1) is 10.2. The second-order valence-corrected chi connectivity index (χ2v) is 4.19. The number of carbonyl (C=O) groups is 1. The van der Waals surface area contributed by atoms with Crippen molar-refractivity contribution in [3.63, 3.8) is 0 Å². The molecule has 0 saturated heterocycles. The predicted octanol–water partition coefficient (Wildman–Crippen LogP) is 1.84. The predicted molar refractivity (Wildman–Crippen MR) is 78.4 cm³/mol. The summed E-state index contributed by atoms with van der Waals surface area (Å²) in [6.07, 6.45) is 3.30. The van der Waals surface area contributed by atoms with Gasteiger partial charge in [-0.2, -0.15) is 5.10 Å². The molecule has 2 rings (SSSR count). The van der Waals surface area contributed by atoms with E-state index in [0.29, 0.717) is 18.0 Å². The lowest BCUT2D eigenvalue weighted by Gasteiger charge is -2.07. The van der Waals surface area contributed by atoms with Crippen molar-refractivity contribution < 1.29 is 14.3 Å². The van der Waals surface area contributed by atoms with Gasteiger partial charge in [0, 0.05) is 12.7 Å². The van der Waals surface area contributed by atoms with Gasteiger partial charge in [0.25, 0.3) is 5.91 Å². The van der Waals surface area contributed by atoms with Crippen molar-refractivity contribution in [3.05, 3.63) is 54.9 Å². The van der Waals surface area contributed by atoms with Crippen LogP contribution in [-0.2, 0) is 6.73 Å². The van der Waals surface area contributed by atoms with Crippen molar-refractivity contribution in [1.29, 1.82) is 0 Å². The number of carbonyl (C=O) groups excluding carboxylic acids is 1. The number of aromatic nitrogens is 2. The summed E-state index contributed by atoms with van der Waals surface area (Å²) >= 11 is 0. The van der Waals surface area contributed by atoms with Gasteiger partial charge in [0.05, 0.1) is 7.11 Å². The molecule has 6 nitrogen and oxygen atoms in total. The van der Waals surface area contributed by atoms with Gasteiger partial charge in [-0.25, -0.2) is 4.68 Å². The zero-order valence-electron chi connectivity index (χ0n) is 11.8. The van der Waals surface area contributed by atoms with E-state index in [1.807, 2.05) is 12.1 Å². The SMILES string of the molecule is C=CCNC(=O)c1ccn(COc2ccc(OC)cc2)n1. The maximum Gasteiger partial charge on any atom is 0.272 e. The van der Waals surface area contributed by atoms with Crippen molar-refractivity contribution in [2.24, 2.45) is 0 Å². The highest BCUT2D eigenvalue weighted by molar-refractivity contribution is 5.92. The van der Waals surface area contributed by atoms with Crippen LogP contribution in [0.1, 0.15) is 10.5 Å². The number of hydrogen-bond acceptors (Lipinski definition) is 4. The minimum absolute atomic E-state index is 0.223. The number of hydrogen-bond donors (Lipinski definition) is 1. The number of amides is 1. The number of ether oxygens (including phenoxy) is 2. The maximum absolute atomic E-state index is 11.7. The van der Waals surface area contributed by atoms with Crippen LogP contribution in [0, 0.1) is 0 Å². The minimum atomic E-state index is -0.238. The van der Waals surface area contributed by atoms with Gasteiger partial charge in [-0.15, -0.1) is 6.58 Å². The van der Waals surface area contributed by atoms with Crippen LogP contribution in [0.15, 0.2) is 49.2 Å². The van der Waals surface area contributed by atoms with E-state index in [9.17, 15) is 4.79 Å². The lowest BCUT2D eigenvalue weighted by Crippen LogP contribution is -2.24. The molecule has 0 aliphatic heterocycles. The lowest BCUT2D eigenvalue weighted by atomic mass is 10.3. The summed E-state index contributed by atoms with van der Waals surface area (Å²) in [7, 11) is 1.61. The lowest BCUT2D eigenvalue weighted by molar-refractivity contribution is 0.0951. The topological polar surface area (TPSA) is 65.4 Å². The van der Waals surface area contributed by atoms with Crippen LogP contribution < -0.4 is 14.8 Å². The molecule has 2 aromatic rings. The average Bonchev–Trinajstić information content (AvgIpc) is 3.00. The zero-order chi connectivity index (χ0) is 15.1. The van der Waals surface area contributed by atoms with E-state index in [-0.39, 0.29) is 12.6 Å². The molecule has 0 fully saturated rings. The standard InChI is InChI=1S/C15H17N3O3/c1-3-9-16-15(19)14-8-10-18(17-14)11-21-13-6-4-12(20-2)5-7-13/h3-8,10H,1,9,11H2,2H3,(H,16,19). The van der Waals surface area contributed by atoms with Crippen molar-refractivity contribution in [3.8, 4) is 11.5 Å². The number of nitrogens with one attached hydrogen (secondary N) is 1. The highest BCUT2D eigenvalue weighted by atomic mass is 16.5. The summed E-state index contributed by atoms with van der Waals surface area (Å²) in [4.78, 5) is 11.7. The average molecular weight is 287 g/mol. The van der Waals surface area contributed by atoms with Gasteiger partial charge < -0.3 is 14.8 Å². The summed E-state index contributed by atoms with van der Waals surface area (Å²) in [6, 6.07) is 8.87. The Kier molecular flexibility index (Phi) is 4.98. The van der Waals surface area contributed by atoms with E-state index in [4.69, 9.17) is 9.47 Å². The molecule has 0 aliphatic rings. The number of rotatable bonds is 7. The van der Waals surface area contributed by atoms with Crippen LogP contribution in [-0.4, -0.2) is 29.3 Å². The Bertz CT molecular complexity index is 605. The van der Waals surface area contributed by atoms with Gasteiger partial charge in [-0.3, -0.25) is 4.79 Å². The largest absolute Gasteiger partial charge is 0.497 e. The molecule has 0 radical (unpaired) electrons. The summed E-state index contributed by atoms with van der Waals surface area (Å²) in [6.45, 7) is 4.17. The number of nitrogens with zero attached hydrogens (tertiary/aromatic N) is 2. The maximum atomic E-state index is 11.7. The van der Waals surface area contributed by atoms with Crippen molar-refractivity contribution >= 4 is 5.91 Å². The van der Waals surface area contributed by atoms with Crippen LogP contribution in [0.4, 0.5) is 0 Å². The smallest absolute Gasteiger partial charge is 0.272 e. The normalized spacial score (nSPS) is 9.95. The molecule has 1 aromatic carbocycles. The zero-order valence-corrected chi connectivity index (χ0v) is 11.8. The highest BCUT2D eigenvalue weighted by Gasteiger charge is 2.08. The Morgan fingerprint density at radius 2 is 2.05 bits per heavy atom. The first kappa shape index (κ1) is 14.6. The second-order valence-electron chi connectivity index (χ2n) is 4.19. The van der Waals surface area contributed by atoms with Crippen LogP contribution in [0.5, 0.6) is 11.5 Å². The fourth-order valence-corrected chi connectivity index (χ4v) is 1.62. The molecule has 110 valence electrons. The van der Waals surface area contributed by atoms with E-state index in [2.05, 4.69) is 17.0 Å². The fraction of sp³-hybridized carbons (Fsp3) is 0.200. The molecule has 0 spiro atoms. The Labute approximate surface area is 123 Å². The molecule has 0 saturated carbocycles. The van der Waals surface area contributed by atoms with E-state index < -0.39 is 0 Å². The summed E-state index contributed by atoms with van der Waals surface area (Å²) in [5.74, 6) is 1.23. The van der Waals surface area contributed by atoms with Crippen molar-refractivity contribution in [1.82, 2.24) is 15.1 Å². The summed E-state index contributed by atoms with van der Waals surface area (Å²) in [5, 5.41) is 6.79. The van der Waals surface area contributed by atoms with Crippen LogP contribution >= 0.6 is 0 Å². The van der Waals surface area contributed by atoms with E-state index in [0.717, 1.165) is 5.75 Å². The van der Waals surface area contributed by atoms with Crippen molar-refractivity contribution in [2.45, 2.75) is 6.73 Å². The van der Waals surface area contributed by atoms with E-state index in [1.54, 1.807) is 42.3 Å². The third-order valence-corrected chi connectivity index (χ3v) is 2.70. The molecule has 1 heterocycles. The van der Waals surface area contributed by atoms with Gasteiger partial charge in [-0.05, 0) is 30.3 Å². The molecule has 0 bridgehead atoms. The first-order valence-electron chi connectivity index (χ1n) is 6.42. The highest BCUT2D eigenvalue weighted by Crippen LogP contribution is 2.17. The Balaban J connectivity index is 1.89. The van der Waals surface area contributed by atoms with E-state index >= 15 is 0 Å². The molecule has 21 heavy (non-hydrogen) atoms. The molecule has 0 aliphatic carbocycles. The summed E-state index contributed by atoms with van der Waals surface area (Å²) < 4.78 is 12.2. The van der Waals surface area contributed by atoms with Crippen LogP contribution in [0.3, 0.4) is 0 Å².